The van der Waals surface area contributed by atoms with Gasteiger partial charge in [0.1, 0.15) is 5.76 Å². The zero-order valence-corrected chi connectivity index (χ0v) is 14.3. The van der Waals surface area contributed by atoms with E-state index in [4.69, 9.17) is 4.42 Å². The van der Waals surface area contributed by atoms with Gasteiger partial charge in [0.2, 0.25) is 10.0 Å². The molecule has 1 aromatic carbocycles. The number of furan rings is 1. The lowest BCUT2D eigenvalue weighted by Gasteiger charge is -2.33. The molecule has 2 aromatic rings. The molecule has 24 heavy (non-hydrogen) atoms. The number of benzene rings is 1. The maximum absolute atomic E-state index is 12.6. The van der Waals surface area contributed by atoms with Gasteiger partial charge in [0.15, 0.2) is 0 Å². The van der Waals surface area contributed by atoms with Crippen molar-refractivity contribution in [1.29, 1.82) is 0 Å². The van der Waals surface area contributed by atoms with Crippen molar-refractivity contribution in [2.75, 3.05) is 13.1 Å². The Labute approximate surface area is 141 Å². The molecule has 1 N–H and O–H groups in total. The predicted molar refractivity (Wildman–Crippen MR) is 89.1 cm³/mol. The van der Waals surface area contributed by atoms with Crippen molar-refractivity contribution in [3.63, 3.8) is 0 Å². The van der Waals surface area contributed by atoms with Crippen LogP contribution < -0.4 is 4.72 Å². The summed E-state index contributed by atoms with van der Waals surface area (Å²) < 4.78 is 32.8. The van der Waals surface area contributed by atoms with Gasteiger partial charge in [-0.05, 0) is 38.0 Å². The Morgan fingerprint density at radius 3 is 2.67 bits per heavy atom. The summed E-state index contributed by atoms with van der Waals surface area (Å²) in [4.78, 5) is 14.5. The quantitative estimate of drug-likeness (QED) is 0.918. The van der Waals surface area contributed by atoms with Gasteiger partial charge in [0.05, 0.1) is 16.7 Å². The summed E-state index contributed by atoms with van der Waals surface area (Å²) >= 11 is 0. The summed E-state index contributed by atoms with van der Waals surface area (Å²) in [5.41, 5.74) is 0.529. The van der Waals surface area contributed by atoms with E-state index in [1.165, 1.54) is 6.26 Å². The molecule has 1 atom stereocenters. The van der Waals surface area contributed by atoms with Crippen LogP contribution in [-0.4, -0.2) is 38.4 Å². The van der Waals surface area contributed by atoms with Gasteiger partial charge in [-0.3, -0.25) is 4.79 Å². The number of rotatable bonds is 4. The van der Waals surface area contributed by atoms with Crippen LogP contribution in [-0.2, 0) is 10.0 Å². The third-order valence-electron chi connectivity index (χ3n) is 4.17. The molecule has 6 nitrogen and oxygen atoms in total. The topological polar surface area (TPSA) is 79.6 Å². The lowest BCUT2D eigenvalue weighted by Crippen LogP contribution is -2.49. The van der Waals surface area contributed by atoms with Gasteiger partial charge in [0.25, 0.3) is 5.91 Å². The van der Waals surface area contributed by atoms with Gasteiger partial charge in [-0.15, -0.1) is 0 Å². The molecule has 1 amide bonds. The number of nitrogens with zero attached hydrogens (tertiary/aromatic N) is 1. The highest BCUT2D eigenvalue weighted by molar-refractivity contribution is 7.89. The minimum atomic E-state index is -3.58. The largest absolute Gasteiger partial charge is 0.469 e. The van der Waals surface area contributed by atoms with Crippen molar-refractivity contribution in [3.8, 4) is 0 Å². The Bertz CT molecular complexity index is 814. The van der Waals surface area contributed by atoms with Crippen LogP contribution in [0.5, 0.6) is 0 Å². The van der Waals surface area contributed by atoms with Gasteiger partial charge < -0.3 is 9.32 Å². The number of likely N-dealkylation sites (tertiary alicyclic amines) is 1. The smallest absolute Gasteiger partial charge is 0.257 e. The van der Waals surface area contributed by atoms with E-state index in [1.54, 1.807) is 48.2 Å². The van der Waals surface area contributed by atoms with Crippen LogP contribution in [0.1, 0.15) is 29.0 Å². The lowest BCUT2D eigenvalue weighted by molar-refractivity contribution is 0.0701. The van der Waals surface area contributed by atoms with Crippen LogP contribution in [0.25, 0.3) is 0 Å². The number of aryl methyl sites for hydroxylation is 1. The average molecular weight is 348 g/mol. The molecule has 0 bridgehead atoms. The molecule has 1 aromatic heterocycles. The van der Waals surface area contributed by atoms with Crippen molar-refractivity contribution in [2.45, 2.75) is 30.7 Å². The average Bonchev–Trinajstić information content (AvgIpc) is 3.01. The van der Waals surface area contributed by atoms with E-state index in [2.05, 4.69) is 4.72 Å². The van der Waals surface area contributed by atoms with Crippen LogP contribution in [0, 0.1) is 6.92 Å². The first-order valence-corrected chi connectivity index (χ1v) is 9.36. The summed E-state index contributed by atoms with van der Waals surface area (Å²) in [6, 6.07) is 9.62. The maximum atomic E-state index is 12.6. The fourth-order valence-corrected chi connectivity index (χ4v) is 4.20. The number of hydrogen-bond acceptors (Lipinski definition) is 4. The summed E-state index contributed by atoms with van der Waals surface area (Å²) in [6.45, 7) is 2.72. The van der Waals surface area contributed by atoms with Crippen molar-refractivity contribution in [1.82, 2.24) is 9.62 Å². The molecular weight excluding hydrogens is 328 g/mol. The summed E-state index contributed by atoms with van der Waals surface area (Å²) in [5, 5.41) is 0. The molecule has 3 rings (SSSR count). The molecule has 0 radical (unpaired) electrons. The Kier molecular flexibility index (Phi) is 4.73. The van der Waals surface area contributed by atoms with Crippen molar-refractivity contribution in [3.05, 3.63) is 54.0 Å². The van der Waals surface area contributed by atoms with Gasteiger partial charge in [-0.1, -0.05) is 18.2 Å². The SMILES string of the molecule is Cc1occc1C(=O)N1CCCC(NS(=O)(=O)c2ccccc2)C1. The first-order valence-electron chi connectivity index (χ1n) is 7.88. The second-order valence-electron chi connectivity index (χ2n) is 5.92. The molecule has 7 heteroatoms. The first kappa shape index (κ1) is 16.7. The monoisotopic (exact) mass is 348 g/mol. The molecule has 2 heterocycles. The Balaban J connectivity index is 1.70. The molecule has 1 unspecified atom stereocenters. The second kappa shape index (κ2) is 6.78. The molecule has 1 aliphatic rings. The van der Waals surface area contributed by atoms with Crippen LogP contribution >= 0.6 is 0 Å². The van der Waals surface area contributed by atoms with E-state index in [1.807, 2.05) is 0 Å². The van der Waals surface area contributed by atoms with E-state index in [-0.39, 0.29) is 16.8 Å². The lowest BCUT2D eigenvalue weighted by atomic mass is 10.1. The molecular formula is C17H20N2O4S. The van der Waals surface area contributed by atoms with Crippen molar-refractivity contribution < 1.29 is 17.6 Å². The van der Waals surface area contributed by atoms with Gasteiger partial charge in [-0.2, -0.15) is 0 Å². The summed E-state index contributed by atoms with van der Waals surface area (Å²) in [7, 11) is -3.58. The molecule has 0 aliphatic carbocycles. The van der Waals surface area contributed by atoms with E-state index in [0.29, 0.717) is 30.8 Å². The Hall–Kier alpha value is -2.12. The number of carbonyl (C=O) groups excluding carboxylic acids is 1. The summed E-state index contributed by atoms with van der Waals surface area (Å²) in [5.74, 6) is 0.455. The highest BCUT2D eigenvalue weighted by Crippen LogP contribution is 2.18. The standard InChI is InChI=1S/C17H20N2O4S/c1-13-16(9-11-23-13)17(20)19-10-5-6-14(12-19)18-24(21,22)15-7-3-2-4-8-15/h2-4,7-9,11,14,18H,5-6,10,12H2,1H3. The van der Waals surface area contributed by atoms with Crippen LogP contribution in [0.15, 0.2) is 52.0 Å². The highest BCUT2D eigenvalue weighted by Gasteiger charge is 2.29. The molecule has 1 aliphatic heterocycles. The van der Waals surface area contributed by atoms with Crippen LogP contribution in [0.4, 0.5) is 0 Å². The van der Waals surface area contributed by atoms with Gasteiger partial charge >= 0.3 is 0 Å². The number of sulfonamides is 1. The Morgan fingerprint density at radius 2 is 2.00 bits per heavy atom. The van der Waals surface area contributed by atoms with E-state index < -0.39 is 10.0 Å². The molecule has 0 spiro atoms. The van der Waals surface area contributed by atoms with Gasteiger partial charge in [-0.25, -0.2) is 13.1 Å². The predicted octanol–water partition coefficient (Wildman–Crippen LogP) is 2.17. The fraction of sp³-hybridized carbons (Fsp3) is 0.353. The molecule has 0 saturated carbocycles. The number of hydrogen-bond donors (Lipinski definition) is 1. The third-order valence-corrected chi connectivity index (χ3v) is 5.71. The molecule has 1 saturated heterocycles. The number of nitrogens with one attached hydrogen (secondary N) is 1. The maximum Gasteiger partial charge on any atom is 0.257 e. The number of amides is 1. The van der Waals surface area contributed by atoms with E-state index in [9.17, 15) is 13.2 Å². The minimum absolute atomic E-state index is 0.121. The zero-order valence-electron chi connectivity index (χ0n) is 13.4. The number of carbonyl (C=O) groups is 1. The highest BCUT2D eigenvalue weighted by atomic mass is 32.2. The third kappa shape index (κ3) is 3.52. The zero-order chi connectivity index (χ0) is 17.2. The van der Waals surface area contributed by atoms with Crippen LogP contribution in [0.2, 0.25) is 0 Å². The molecule has 128 valence electrons. The minimum Gasteiger partial charge on any atom is -0.469 e. The first-order chi connectivity index (χ1) is 11.5. The van der Waals surface area contributed by atoms with E-state index >= 15 is 0 Å². The molecule has 1 fully saturated rings. The Morgan fingerprint density at radius 1 is 1.25 bits per heavy atom. The summed E-state index contributed by atoms with van der Waals surface area (Å²) in [6.07, 6.45) is 2.95. The second-order valence-corrected chi connectivity index (χ2v) is 7.63. The normalized spacial score (nSPS) is 18.5. The number of piperidine rings is 1. The van der Waals surface area contributed by atoms with Gasteiger partial charge in [0, 0.05) is 19.1 Å². The fourth-order valence-electron chi connectivity index (χ4n) is 2.92. The van der Waals surface area contributed by atoms with E-state index in [0.717, 1.165) is 6.42 Å². The van der Waals surface area contributed by atoms with Crippen molar-refractivity contribution in [2.24, 2.45) is 0 Å². The van der Waals surface area contributed by atoms with Crippen molar-refractivity contribution >= 4 is 15.9 Å². The van der Waals surface area contributed by atoms with Crippen LogP contribution in [0.3, 0.4) is 0 Å².